The fourth-order valence-electron chi connectivity index (χ4n) is 2.95. The Labute approximate surface area is 144 Å². The molecule has 0 spiro atoms. The second-order valence-corrected chi connectivity index (χ2v) is 6.90. The lowest BCUT2D eigenvalue weighted by molar-refractivity contribution is 0.0935. The van der Waals surface area contributed by atoms with Crippen molar-refractivity contribution in [3.05, 3.63) is 45.7 Å². The number of nitrogens with zero attached hydrogens (tertiary/aromatic N) is 2. The van der Waals surface area contributed by atoms with Crippen LogP contribution in [-0.2, 0) is 12.8 Å². The predicted octanol–water partition coefficient (Wildman–Crippen LogP) is 2.59. The normalized spacial score (nSPS) is 15.1. The standard InChI is InChI=1S/C17H21BrN4O/c1-11(10-19)20-17(23)16-14-7-2-3-8-15(14)22(21-16)13-6-4-5-12(18)9-13/h4-6,9,11H,2-3,7-8,10,19H2,1H3,(H,20,23)/t11-/m0/s1. The van der Waals surface area contributed by atoms with E-state index in [1.54, 1.807) is 0 Å². The molecule has 122 valence electrons. The van der Waals surface area contributed by atoms with Gasteiger partial charge in [0.2, 0.25) is 0 Å². The Morgan fingerprint density at radius 2 is 2.22 bits per heavy atom. The van der Waals surface area contributed by atoms with Gasteiger partial charge in [-0.25, -0.2) is 4.68 Å². The van der Waals surface area contributed by atoms with Gasteiger partial charge in [0.05, 0.1) is 5.69 Å². The number of benzene rings is 1. The smallest absolute Gasteiger partial charge is 0.272 e. The summed E-state index contributed by atoms with van der Waals surface area (Å²) in [4.78, 5) is 12.5. The van der Waals surface area contributed by atoms with E-state index in [-0.39, 0.29) is 11.9 Å². The lowest BCUT2D eigenvalue weighted by atomic mass is 9.95. The van der Waals surface area contributed by atoms with Crippen molar-refractivity contribution in [1.29, 1.82) is 0 Å². The third kappa shape index (κ3) is 3.33. The topological polar surface area (TPSA) is 72.9 Å². The number of aromatic nitrogens is 2. The van der Waals surface area contributed by atoms with Crippen molar-refractivity contribution in [2.75, 3.05) is 6.54 Å². The Morgan fingerprint density at radius 1 is 1.43 bits per heavy atom. The summed E-state index contributed by atoms with van der Waals surface area (Å²) in [6.45, 7) is 2.32. The zero-order valence-electron chi connectivity index (χ0n) is 13.2. The molecule has 1 aliphatic rings. The summed E-state index contributed by atoms with van der Waals surface area (Å²) < 4.78 is 2.92. The summed E-state index contributed by atoms with van der Waals surface area (Å²) in [5.74, 6) is -0.130. The average molecular weight is 377 g/mol. The summed E-state index contributed by atoms with van der Waals surface area (Å²) in [5.41, 5.74) is 9.35. The number of amides is 1. The lowest BCUT2D eigenvalue weighted by Gasteiger charge is -2.15. The minimum Gasteiger partial charge on any atom is -0.347 e. The van der Waals surface area contributed by atoms with E-state index in [9.17, 15) is 4.79 Å². The van der Waals surface area contributed by atoms with Gasteiger partial charge >= 0.3 is 0 Å². The van der Waals surface area contributed by atoms with Gasteiger partial charge in [0.25, 0.3) is 5.91 Å². The molecule has 1 atom stereocenters. The van der Waals surface area contributed by atoms with E-state index in [1.807, 2.05) is 35.9 Å². The van der Waals surface area contributed by atoms with Crippen molar-refractivity contribution in [1.82, 2.24) is 15.1 Å². The number of carbonyl (C=O) groups excluding carboxylic acids is 1. The van der Waals surface area contributed by atoms with Crippen molar-refractivity contribution in [3.8, 4) is 5.69 Å². The summed E-state index contributed by atoms with van der Waals surface area (Å²) in [6, 6.07) is 7.93. The molecule has 0 bridgehead atoms. The Balaban J connectivity index is 2.03. The highest BCUT2D eigenvalue weighted by Crippen LogP contribution is 2.27. The zero-order valence-corrected chi connectivity index (χ0v) is 14.8. The molecule has 0 fully saturated rings. The van der Waals surface area contributed by atoms with Crippen LogP contribution in [0.5, 0.6) is 0 Å². The van der Waals surface area contributed by atoms with Gasteiger partial charge in [-0.3, -0.25) is 4.79 Å². The SMILES string of the molecule is C[C@@H](CN)NC(=O)c1nn(-c2cccc(Br)c2)c2c1CCCC2. The Kier molecular flexibility index (Phi) is 4.82. The molecule has 5 nitrogen and oxygen atoms in total. The molecule has 2 aromatic rings. The zero-order chi connectivity index (χ0) is 16.4. The quantitative estimate of drug-likeness (QED) is 0.860. The first-order chi connectivity index (χ1) is 11.1. The predicted molar refractivity (Wildman–Crippen MR) is 93.9 cm³/mol. The van der Waals surface area contributed by atoms with E-state index in [2.05, 4.69) is 26.3 Å². The first-order valence-electron chi connectivity index (χ1n) is 7.97. The maximum absolute atomic E-state index is 12.5. The Morgan fingerprint density at radius 3 is 2.96 bits per heavy atom. The fourth-order valence-corrected chi connectivity index (χ4v) is 3.34. The van der Waals surface area contributed by atoms with Crippen molar-refractivity contribution in [2.45, 2.75) is 38.6 Å². The number of nitrogens with two attached hydrogens (primary N) is 1. The maximum Gasteiger partial charge on any atom is 0.272 e. The number of nitrogens with one attached hydrogen (secondary N) is 1. The van der Waals surface area contributed by atoms with E-state index in [0.717, 1.165) is 47.1 Å². The highest BCUT2D eigenvalue weighted by Gasteiger charge is 2.26. The Hall–Kier alpha value is -1.66. The second-order valence-electron chi connectivity index (χ2n) is 5.98. The number of halogens is 1. The van der Waals surface area contributed by atoms with E-state index >= 15 is 0 Å². The van der Waals surface area contributed by atoms with Gasteiger partial charge in [-0.15, -0.1) is 0 Å². The molecular formula is C17H21BrN4O. The van der Waals surface area contributed by atoms with Crippen LogP contribution in [0.2, 0.25) is 0 Å². The summed E-state index contributed by atoms with van der Waals surface area (Å²) in [7, 11) is 0. The summed E-state index contributed by atoms with van der Waals surface area (Å²) >= 11 is 3.50. The van der Waals surface area contributed by atoms with Crippen LogP contribution in [0.1, 0.15) is 41.5 Å². The molecule has 1 aromatic heterocycles. The number of carbonyl (C=O) groups is 1. The van der Waals surface area contributed by atoms with Crippen molar-refractivity contribution in [2.24, 2.45) is 5.73 Å². The van der Waals surface area contributed by atoms with Crippen molar-refractivity contribution < 1.29 is 4.79 Å². The average Bonchev–Trinajstić information content (AvgIpc) is 2.94. The highest BCUT2D eigenvalue weighted by atomic mass is 79.9. The van der Waals surface area contributed by atoms with E-state index < -0.39 is 0 Å². The van der Waals surface area contributed by atoms with Crippen LogP contribution < -0.4 is 11.1 Å². The van der Waals surface area contributed by atoms with Crippen LogP contribution in [0.4, 0.5) is 0 Å². The Bertz CT molecular complexity index is 725. The summed E-state index contributed by atoms with van der Waals surface area (Å²) in [6.07, 6.45) is 4.09. The minimum absolute atomic E-state index is 0.0576. The molecule has 0 radical (unpaired) electrons. The molecule has 0 saturated heterocycles. The molecule has 3 rings (SSSR count). The molecule has 1 aromatic carbocycles. The van der Waals surface area contributed by atoms with Crippen LogP contribution in [0.25, 0.3) is 5.69 Å². The van der Waals surface area contributed by atoms with Crippen LogP contribution in [0, 0.1) is 0 Å². The van der Waals surface area contributed by atoms with Crippen LogP contribution >= 0.6 is 15.9 Å². The van der Waals surface area contributed by atoms with Crippen LogP contribution in [-0.4, -0.2) is 28.3 Å². The monoisotopic (exact) mass is 376 g/mol. The number of fused-ring (bicyclic) bond motifs is 1. The van der Waals surface area contributed by atoms with Gasteiger partial charge < -0.3 is 11.1 Å². The molecule has 23 heavy (non-hydrogen) atoms. The molecule has 1 heterocycles. The number of rotatable bonds is 4. The molecule has 3 N–H and O–H groups in total. The number of hydrogen-bond acceptors (Lipinski definition) is 3. The molecule has 0 saturated carbocycles. The molecular weight excluding hydrogens is 356 g/mol. The van der Waals surface area contributed by atoms with Gasteiger partial charge in [0.1, 0.15) is 0 Å². The van der Waals surface area contributed by atoms with Gasteiger partial charge in [0.15, 0.2) is 5.69 Å². The first kappa shape index (κ1) is 16.2. The minimum atomic E-state index is -0.130. The van der Waals surface area contributed by atoms with Gasteiger partial charge in [-0.2, -0.15) is 5.10 Å². The van der Waals surface area contributed by atoms with Gasteiger partial charge in [-0.05, 0) is 50.8 Å². The summed E-state index contributed by atoms with van der Waals surface area (Å²) in [5, 5.41) is 7.56. The molecule has 6 heteroatoms. The van der Waals surface area contributed by atoms with E-state index in [1.165, 1.54) is 0 Å². The molecule has 0 aliphatic heterocycles. The largest absolute Gasteiger partial charge is 0.347 e. The molecule has 1 amide bonds. The van der Waals surface area contributed by atoms with Gasteiger partial charge in [-0.1, -0.05) is 22.0 Å². The van der Waals surface area contributed by atoms with Crippen molar-refractivity contribution in [3.63, 3.8) is 0 Å². The fraction of sp³-hybridized carbons (Fsp3) is 0.412. The van der Waals surface area contributed by atoms with E-state index in [0.29, 0.717) is 12.2 Å². The number of hydrogen-bond donors (Lipinski definition) is 2. The van der Waals surface area contributed by atoms with Crippen molar-refractivity contribution >= 4 is 21.8 Å². The first-order valence-corrected chi connectivity index (χ1v) is 8.77. The lowest BCUT2D eigenvalue weighted by Crippen LogP contribution is -2.38. The third-order valence-corrected chi connectivity index (χ3v) is 4.67. The van der Waals surface area contributed by atoms with E-state index in [4.69, 9.17) is 5.73 Å². The molecule has 1 aliphatic carbocycles. The van der Waals surface area contributed by atoms with Gasteiger partial charge in [0, 0.05) is 28.3 Å². The second kappa shape index (κ2) is 6.84. The highest BCUT2D eigenvalue weighted by molar-refractivity contribution is 9.10. The third-order valence-electron chi connectivity index (χ3n) is 4.18. The maximum atomic E-state index is 12.5. The van der Waals surface area contributed by atoms with Crippen LogP contribution in [0.3, 0.4) is 0 Å². The van der Waals surface area contributed by atoms with Crippen LogP contribution in [0.15, 0.2) is 28.7 Å². The molecule has 0 unspecified atom stereocenters.